The molecule has 100 valence electrons. The molecule has 3 heteroatoms. The third-order valence-electron chi connectivity index (χ3n) is 3.29. The van der Waals surface area contributed by atoms with Crippen LogP contribution in [0.2, 0.25) is 0 Å². The Morgan fingerprint density at radius 3 is 2.44 bits per heavy atom. The smallest absolute Gasteiger partial charge is 0.0731 e. The Hall–Kier alpha value is -1.06. The Kier molecular flexibility index (Phi) is 3.93. The fourth-order valence-electron chi connectivity index (χ4n) is 2.17. The molecule has 0 bridgehead atoms. The molecule has 2 rings (SSSR count). The van der Waals surface area contributed by atoms with Crippen LogP contribution >= 0.6 is 0 Å². The van der Waals surface area contributed by atoms with E-state index in [0.717, 1.165) is 26.1 Å². The monoisotopic (exact) mass is 248 g/mol. The van der Waals surface area contributed by atoms with Gasteiger partial charge in [-0.25, -0.2) is 0 Å². The highest BCUT2D eigenvalue weighted by Crippen LogP contribution is 2.20. The van der Waals surface area contributed by atoms with E-state index >= 15 is 0 Å². The lowest BCUT2D eigenvalue weighted by atomic mass is 10.1. The van der Waals surface area contributed by atoms with E-state index in [-0.39, 0.29) is 11.6 Å². The van der Waals surface area contributed by atoms with Crippen LogP contribution in [0.25, 0.3) is 0 Å². The highest BCUT2D eigenvalue weighted by Gasteiger charge is 2.20. The molecule has 1 aliphatic rings. The third-order valence-corrected chi connectivity index (χ3v) is 3.29. The van der Waals surface area contributed by atoms with Crippen molar-refractivity contribution in [3.05, 3.63) is 29.8 Å². The molecule has 2 N–H and O–H groups in total. The van der Waals surface area contributed by atoms with Gasteiger partial charge in [0.2, 0.25) is 0 Å². The van der Waals surface area contributed by atoms with Gasteiger partial charge in [-0.2, -0.15) is 0 Å². The Morgan fingerprint density at radius 1 is 1.28 bits per heavy atom. The summed E-state index contributed by atoms with van der Waals surface area (Å²) in [6.45, 7) is 9.14. The first kappa shape index (κ1) is 13.4. The molecule has 1 aromatic carbocycles. The molecular weight excluding hydrogens is 224 g/mol. The van der Waals surface area contributed by atoms with Crippen LogP contribution in [-0.2, 0) is 6.54 Å². The van der Waals surface area contributed by atoms with E-state index < -0.39 is 0 Å². The fraction of sp³-hybridized carbons (Fsp3) is 0.600. The fourth-order valence-corrected chi connectivity index (χ4v) is 2.17. The van der Waals surface area contributed by atoms with Crippen molar-refractivity contribution in [3.8, 4) is 0 Å². The number of nitrogens with one attached hydrogen (secondary N) is 1. The van der Waals surface area contributed by atoms with Crippen molar-refractivity contribution in [3.63, 3.8) is 0 Å². The van der Waals surface area contributed by atoms with Gasteiger partial charge < -0.3 is 15.3 Å². The van der Waals surface area contributed by atoms with Gasteiger partial charge in [0.15, 0.2) is 0 Å². The molecule has 18 heavy (non-hydrogen) atoms. The lowest BCUT2D eigenvalue weighted by molar-refractivity contribution is 0.198. The van der Waals surface area contributed by atoms with Crippen molar-refractivity contribution in [2.24, 2.45) is 0 Å². The molecule has 1 atom stereocenters. The van der Waals surface area contributed by atoms with Crippen molar-refractivity contribution in [1.29, 1.82) is 0 Å². The average molecular weight is 248 g/mol. The summed E-state index contributed by atoms with van der Waals surface area (Å²) >= 11 is 0. The first-order valence-electron chi connectivity index (χ1n) is 6.71. The van der Waals surface area contributed by atoms with Gasteiger partial charge in [-0.15, -0.1) is 0 Å². The van der Waals surface area contributed by atoms with Gasteiger partial charge in [-0.05, 0) is 44.9 Å². The third kappa shape index (κ3) is 3.72. The average Bonchev–Trinajstić information content (AvgIpc) is 2.73. The van der Waals surface area contributed by atoms with E-state index in [2.05, 4.69) is 55.3 Å². The van der Waals surface area contributed by atoms with Crippen LogP contribution in [0.15, 0.2) is 24.3 Å². The number of hydrogen-bond acceptors (Lipinski definition) is 3. The Morgan fingerprint density at radius 2 is 1.94 bits per heavy atom. The maximum absolute atomic E-state index is 9.54. The van der Waals surface area contributed by atoms with E-state index in [4.69, 9.17) is 0 Å². The van der Waals surface area contributed by atoms with Gasteiger partial charge in [0.05, 0.1) is 6.10 Å². The van der Waals surface area contributed by atoms with Crippen LogP contribution in [0.4, 0.5) is 5.69 Å². The minimum absolute atomic E-state index is 0.151. The number of nitrogens with zero attached hydrogens (tertiary/aromatic N) is 1. The topological polar surface area (TPSA) is 35.5 Å². The Balaban J connectivity index is 1.93. The summed E-state index contributed by atoms with van der Waals surface area (Å²) in [6.07, 6.45) is 0.722. The van der Waals surface area contributed by atoms with Gasteiger partial charge in [-0.1, -0.05) is 12.1 Å². The molecule has 1 aromatic rings. The van der Waals surface area contributed by atoms with Crippen molar-refractivity contribution in [2.75, 3.05) is 18.0 Å². The SMILES string of the molecule is CC(C)(C)NCc1ccc(N2CCC(O)C2)cc1. The highest BCUT2D eigenvalue weighted by atomic mass is 16.3. The van der Waals surface area contributed by atoms with Crippen molar-refractivity contribution < 1.29 is 5.11 Å². The van der Waals surface area contributed by atoms with Crippen molar-refractivity contribution >= 4 is 5.69 Å². The van der Waals surface area contributed by atoms with Gasteiger partial charge in [0.1, 0.15) is 0 Å². The predicted molar refractivity (Wildman–Crippen MR) is 75.9 cm³/mol. The number of aliphatic hydroxyl groups excluding tert-OH is 1. The molecule has 3 nitrogen and oxygen atoms in total. The van der Waals surface area contributed by atoms with E-state index in [1.165, 1.54) is 11.3 Å². The van der Waals surface area contributed by atoms with Gasteiger partial charge in [0.25, 0.3) is 0 Å². The number of benzene rings is 1. The van der Waals surface area contributed by atoms with Crippen molar-refractivity contribution in [2.45, 2.75) is 45.4 Å². The molecule has 1 unspecified atom stereocenters. The number of anilines is 1. The summed E-state index contributed by atoms with van der Waals surface area (Å²) in [4.78, 5) is 2.24. The number of β-amino-alcohol motifs (C(OH)–C–C–N with tert-alkyl or cyclic N) is 1. The minimum atomic E-state index is -0.160. The molecule has 0 aromatic heterocycles. The molecule has 0 spiro atoms. The number of aliphatic hydroxyl groups is 1. The zero-order chi connectivity index (χ0) is 13.2. The number of hydrogen-bond donors (Lipinski definition) is 2. The Bertz CT molecular complexity index is 380. The predicted octanol–water partition coefficient (Wildman–Crippen LogP) is 2.15. The largest absolute Gasteiger partial charge is 0.391 e. The second kappa shape index (κ2) is 5.29. The lowest BCUT2D eigenvalue weighted by Gasteiger charge is -2.21. The van der Waals surface area contributed by atoms with Crippen LogP contribution in [0, 0.1) is 0 Å². The molecule has 0 radical (unpaired) electrons. The maximum Gasteiger partial charge on any atom is 0.0731 e. The standard InChI is InChI=1S/C15H24N2O/c1-15(2,3)16-10-12-4-6-13(7-5-12)17-9-8-14(18)11-17/h4-7,14,16,18H,8-11H2,1-3H3. The van der Waals surface area contributed by atoms with E-state index in [0.29, 0.717) is 0 Å². The summed E-state index contributed by atoms with van der Waals surface area (Å²) in [5.41, 5.74) is 2.66. The lowest BCUT2D eigenvalue weighted by Crippen LogP contribution is -2.35. The van der Waals surface area contributed by atoms with Crippen LogP contribution in [0.1, 0.15) is 32.8 Å². The van der Waals surface area contributed by atoms with Gasteiger partial charge in [0, 0.05) is 30.9 Å². The zero-order valence-corrected chi connectivity index (χ0v) is 11.6. The molecular formula is C15H24N2O. The summed E-state index contributed by atoms with van der Waals surface area (Å²) < 4.78 is 0. The number of rotatable bonds is 3. The summed E-state index contributed by atoms with van der Waals surface area (Å²) in [5, 5.41) is 13.0. The van der Waals surface area contributed by atoms with E-state index in [9.17, 15) is 5.11 Å². The molecule has 0 saturated carbocycles. The minimum Gasteiger partial charge on any atom is -0.391 e. The molecule has 0 amide bonds. The Labute approximate surface area is 110 Å². The quantitative estimate of drug-likeness (QED) is 0.860. The second-order valence-electron chi connectivity index (χ2n) is 6.16. The second-order valence-corrected chi connectivity index (χ2v) is 6.16. The van der Waals surface area contributed by atoms with Crippen LogP contribution in [0.5, 0.6) is 0 Å². The van der Waals surface area contributed by atoms with Crippen LogP contribution in [0.3, 0.4) is 0 Å². The first-order chi connectivity index (χ1) is 8.44. The van der Waals surface area contributed by atoms with Crippen LogP contribution < -0.4 is 10.2 Å². The zero-order valence-electron chi connectivity index (χ0n) is 11.6. The summed E-state index contributed by atoms with van der Waals surface area (Å²) in [7, 11) is 0. The van der Waals surface area contributed by atoms with E-state index in [1.54, 1.807) is 0 Å². The van der Waals surface area contributed by atoms with Crippen molar-refractivity contribution in [1.82, 2.24) is 5.32 Å². The molecule has 0 aliphatic carbocycles. The molecule has 1 saturated heterocycles. The summed E-state index contributed by atoms with van der Waals surface area (Å²) in [5.74, 6) is 0. The highest BCUT2D eigenvalue weighted by molar-refractivity contribution is 5.48. The molecule has 1 fully saturated rings. The first-order valence-corrected chi connectivity index (χ1v) is 6.71. The normalized spacial score (nSPS) is 20.4. The summed E-state index contributed by atoms with van der Waals surface area (Å²) in [6, 6.07) is 8.63. The van der Waals surface area contributed by atoms with Crippen LogP contribution in [-0.4, -0.2) is 29.8 Å². The molecule has 1 heterocycles. The van der Waals surface area contributed by atoms with Gasteiger partial charge in [-0.3, -0.25) is 0 Å². The van der Waals surface area contributed by atoms with E-state index in [1.807, 2.05) is 0 Å². The molecule has 1 aliphatic heterocycles. The van der Waals surface area contributed by atoms with Gasteiger partial charge >= 0.3 is 0 Å². The maximum atomic E-state index is 9.54.